The molecule has 1 aromatic carbocycles. The van der Waals surface area contributed by atoms with Crippen LogP contribution in [0.3, 0.4) is 0 Å². The lowest BCUT2D eigenvalue weighted by atomic mass is 10.3. The topological polar surface area (TPSA) is 70.5 Å². The van der Waals surface area contributed by atoms with E-state index in [-0.39, 0.29) is 18.7 Å². The fraction of sp³-hybridized carbons (Fsp3) is 0.308. The summed E-state index contributed by atoms with van der Waals surface area (Å²) in [6, 6.07) is 7.80. The predicted octanol–water partition coefficient (Wildman–Crippen LogP) is 2.12. The molecule has 1 amide bonds. The number of aromatic nitrogens is 1. The van der Waals surface area contributed by atoms with Crippen LogP contribution < -0.4 is 0 Å². The van der Waals surface area contributed by atoms with Crippen LogP contribution in [-0.4, -0.2) is 33.9 Å². The summed E-state index contributed by atoms with van der Waals surface area (Å²) in [4.78, 5) is 28.1. The number of rotatable bonds is 5. The molecule has 1 heterocycles. The SMILES string of the molecule is CN(Cc1nc2ccccc2s1)C(=O)CCC(=O)O. The highest BCUT2D eigenvalue weighted by atomic mass is 32.1. The summed E-state index contributed by atoms with van der Waals surface area (Å²) in [5, 5.41) is 9.40. The zero-order chi connectivity index (χ0) is 13.8. The third-order valence-electron chi connectivity index (χ3n) is 2.69. The molecule has 0 atom stereocenters. The molecule has 0 spiro atoms. The van der Waals surface area contributed by atoms with Crippen LogP contribution >= 0.6 is 11.3 Å². The molecule has 0 aliphatic carbocycles. The van der Waals surface area contributed by atoms with Crippen molar-refractivity contribution in [3.8, 4) is 0 Å². The van der Waals surface area contributed by atoms with Gasteiger partial charge in [0.25, 0.3) is 0 Å². The Labute approximate surface area is 114 Å². The maximum atomic E-state index is 11.7. The summed E-state index contributed by atoms with van der Waals surface area (Å²) in [7, 11) is 1.66. The summed E-state index contributed by atoms with van der Waals surface area (Å²) >= 11 is 1.55. The van der Waals surface area contributed by atoms with Gasteiger partial charge >= 0.3 is 5.97 Å². The second-order valence-electron chi connectivity index (χ2n) is 4.22. The van der Waals surface area contributed by atoms with Crippen molar-refractivity contribution in [2.75, 3.05) is 7.05 Å². The number of thiazole rings is 1. The minimum Gasteiger partial charge on any atom is -0.481 e. The number of carboxylic acids is 1. The van der Waals surface area contributed by atoms with Gasteiger partial charge in [0.15, 0.2) is 0 Å². The Balaban J connectivity index is 1.99. The maximum Gasteiger partial charge on any atom is 0.303 e. The minimum absolute atomic E-state index is 0.0245. The van der Waals surface area contributed by atoms with Crippen LogP contribution in [0, 0.1) is 0 Å². The Morgan fingerprint density at radius 3 is 2.74 bits per heavy atom. The van der Waals surface area contributed by atoms with E-state index in [1.165, 1.54) is 4.90 Å². The first-order valence-corrected chi connectivity index (χ1v) is 6.68. The van der Waals surface area contributed by atoms with Gasteiger partial charge in [-0.25, -0.2) is 4.98 Å². The van der Waals surface area contributed by atoms with Crippen LogP contribution in [0.1, 0.15) is 17.8 Å². The van der Waals surface area contributed by atoms with Crippen molar-refractivity contribution in [1.29, 1.82) is 0 Å². The number of hydrogen-bond acceptors (Lipinski definition) is 4. The predicted molar refractivity (Wildman–Crippen MR) is 73.0 cm³/mol. The molecule has 0 fully saturated rings. The van der Waals surface area contributed by atoms with Gasteiger partial charge in [0.1, 0.15) is 5.01 Å². The molecule has 0 aliphatic heterocycles. The van der Waals surface area contributed by atoms with Crippen molar-refractivity contribution in [1.82, 2.24) is 9.88 Å². The Hall–Kier alpha value is -1.95. The summed E-state index contributed by atoms with van der Waals surface area (Å²) in [5.41, 5.74) is 0.925. The number of aliphatic carboxylic acids is 1. The van der Waals surface area contributed by atoms with E-state index in [9.17, 15) is 9.59 Å². The van der Waals surface area contributed by atoms with E-state index in [0.29, 0.717) is 6.54 Å². The third-order valence-corrected chi connectivity index (χ3v) is 3.71. The molecule has 0 saturated heterocycles. The number of carbonyl (C=O) groups excluding carboxylic acids is 1. The first kappa shape index (κ1) is 13.5. The second-order valence-corrected chi connectivity index (χ2v) is 5.33. The zero-order valence-electron chi connectivity index (χ0n) is 10.5. The molecule has 19 heavy (non-hydrogen) atoms. The van der Waals surface area contributed by atoms with Gasteiger partial charge in [0.2, 0.25) is 5.91 Å². The van der Waals surface area contributed by atoms with Crippen molar-refractivity contribution in [3.63, 3.8) is 0 Å². The van der Waals surface area contributed by atoms with Gasteiger partial charge in [-0.15, -0.1) is 11.3 Å². The molecule has 2 aromatic rings. The summed E-state index contributed by atoms with van der Waals surface area (Å²) in [6.45, 7) is 0.414. The lowest BCUT2D eigenvalue weighted by Crippen LogP contribution is -2.26. The lowest BCUT2D eigenvalue weighted by molar-refractivity contribution is -0.140. The minimum atomic E-state index is -0.957. The smallest absolute Gasteiger partial charge is 0.303 e. The number of nitrogens with zero attached hydrogens (tertiary/aromatic N) is 2. The number of para-hydroxylation sites is 1. The molecule has 100 valence electrons. The standard InChI is InChI=1S/C13H14N2O3S/c1-15(12(16)6-7-13(17)18)8-11-14-9-4-2-3-5-10(9)19-11/h2-5H,6-8H2,1H3,(H,17,18). The van der Waals surface area contributed by atoms with Crippen molar-refractivity contribution in [3.05, 3.63) is 29.3 Å². The Morgan fingerprint density at radius 2 is 2.05 bits per heavy atom. The number of fused-ring (bicyclic) bond motifs is 1. The highest BCUT2D eigenvalue weighted by Gasteiger charge is 2.13. The molecule has 2 rings (SSSR count). The van der Waals surface area contributed by atoms with Crippen LogP contribution in [0.2, 0.25) is 0 Å². The number of amides is 1. The van der Waals surface area contributed by atoms with Crippen LogP contribution in [-0.2, 0) is 16.1 Å². The van der Waals surface area contributed by atoms with E-state index < -0.39 is 5.97 Å². The zero-order valence-corrected chi connectivity index (χ0v) is 11.3. The molecular formula is C13H14N2O3S. The lowest BCUT2D eigenvalue weighted by Gasteiger charge is -2.14. The Morgan fingerprint density at radius 1 is 1.32 bits per heavy atom. The van der Waals surface area contributed by atoms with Crippen LogP contribution in [0.4, 0.5) is 0 Å². The van der Waals surface area contributed by atoms with E-state index in [0.717, 1.165) is 15.2 Å². The van der Waals surface area contributed by atoms with Gasteiger partial charge in [-0.3, -0.25) is 9.59 Å². The molecule has 0 unspecified atom stereocenters. The molecular weight excluding hydrogens is 264 g/mol. The normalized spacial score (nSPS) is 10.6. The van der Waals surface area contributed by atoms with E-state index >= 15 is 0 Å². The van der Waals surface area contributed by atoms with Crippen LogP contribution in [0.5, 0.6) is 0 Å². The summed E-state index contributed by atoms with van der Waals surface area (Å²) in [5.74, 6) is -1.14. The number of hydrogen-bond donors (Lipinski definition) is 1. The van der Waals surface area contributed by atoms with Gasteiger partial charge in [0, 0.05) is 13.5 Å². The Kier molecular flexibility index (Phi) is 4.11. The fourth-order valence-corrected chi connectivity index (χ4v) is 2.70. The fourth-order valence-electron chi connectivity index (χ4n) is 1.68. The van der Waals surface area contributed by atoms with Crippen LogP contribution in [0.15, 0.2) is 24.3 Å². The van der Waals surface area contributed by atoms with Gasteiger partial charge in [-0.2, -0.15) is 0 Å². The number of carbonyl (C=O) groups is 2. The van der Waals surface area contributed by atoms with E-state index in [2.05, 4.69) is 4.98 Å². The van der Waals surface area contributed by atoms with Gasteiger partial charge < -0.3 is 10.0 Å². The summed E-state index contributed by atoms with van der Waals surface area (Å²) < 4.78 is 1.09. The average molecular weight is 278 g/mol. The number of benzene rings is 1. The Bertz CT molecular complexity index is 576. The molecule has 5 nitrogen and oxygen atoms in total. The molecule has 6 heteroatoms. The molecule has 0 aliphatic rings. The molecule has 1 aromatic heterocycles. The van der Waals surface area contributed by atoms with Crippen molar-refractivity contribution >= 4 is 33.4 Å². The second kappa shape index (κ2) is 5.79. The van der Waals surface area contributed by atoms with E-state index in [1.54, 1.807) is 18.4 Å². The van der Waals surface area contributed by atoms with Gasteiger partial charge in [-0.1, -0.05) is 12.1 Å². The van der Waals surface area contributed by atoms with Crippen LogP contribution in [0.25, 0.3) is 10.2 Å². The monoisotopic (exact) mass is 278 g/mol. The first-order chi connectivity index (χ1) is 9.06. The molecule has 0 radical (unpaired) electrons. The summed E-state index contributed by atoms with van der Waals surface area (Å²) in [6.07, 6.45) is -0.111. The van der Waals surface area contributed by atoms with Gasteiger partial charge in [0.05, 0.1) is 23.2 Å². The molecule has 1 N–H and O–H groups in total. The largest absolute Gasteiger partial charge is 0.481 e. The van der Waals surface area contributed by atoms with E-state index in [1.807, 2.05) is 24.3 Å². The third kappa shape index (κ3) is 3.51. The highest BCUT2D eigenvalue weighted by molar-refractivity contribution is 7.18. The van der Waals surface area contributed by atoms with Crippen molar-refractivity contribution in [2.24, 2.45) is 0 Å². The van der Waals surface area contributed by atoms with Crippen molar-refractivity contribution in [2.45, 2.75) is 19.4 Å². The maximum absolute atomic E-state index is 11.7. The first-order valence-electron chi connectivity index (χ1n) is 5.86. The number of carboxylic acid groups (broad SMARTS) is 1. The van der Waals surface area contributed by atoms with E-state index in [4.69, 9.17) is 5.11 Å². The molecule has 0 saturated carbocycles. The molecule has 0 bridgehead atoms. The van der Waals surface area contributed by atoms with Gasteiger partial charge in [-0.05, 0) is 12.1 Å². The average Bonchev–Trinajstić information content (AvgIpc) is 2.77. The quantitative estimate of drug-likeness (QED) is 0.909. The van der Waals surface area contributed by atoms with Crippen molar-refractivity contribution < 1.29 is 14.7 Å². The highest BCUT2D eigenvalue weighted by Crippen LogP contribution is 2.22.